The van der Waals surface area contributed by atoms with Gasteiger partial charge < -0.3 is 19.5 Å². The highest BCUT2D eigenvalue weighted by Gasteiger charge is 2.18. The smallest absolute Gasteiger partial charge is 0.262 e. The molecule has 0 radical (unpaired) electrons. The van der Waals surface area contributed by atoms with Crippen LogP contribution in [0.25, 0.3) is 6.08 Å². The van der Waals surface area contributed by atoms with Crippen molar-refractivity contribution < 1.29 is 19.0 Å². The fraction of sp³-hybridized carbons (Fsp3) is 0.320. The summed E-state index contributed by atoms with van der Waals surface area (Å²) < 4.78 is 17.1. The number of nitrogens with one attached hydrogen (secondary N) is 1. The zero-order valence-corrected chi connectivity index (χ0v) is 18.0. The molecule has 2 aromatic carbocycles. The van der Waals surface area contributed by atoms with Crippen molar-refractivity contribution in [3.8, 4) is 23.6 Å². The summed E-state index contributed by atoms with van der Waals surface area (Å²) in [5, 5.41) is 21.4. The Morgan fingerprint density at radius 2 is 2.06 bits per heavy atom. The molecular formula is C25H25N3O4. The van der Waals surface area contributed by atoms with Crippen molar-refractivity contribution in [1.29, 1.82) is 10.5 Å². The van der Waals surface area contributed by atoms with E-state index >= 15 is 0 Å². The number of carbonyl (C=O) groups excluding carboxylic acids is 1. The Balaban J connectivity index is 1.72. The summed E-state index contributed by atoms with van der Waals surface area (Å²) in [6.45, 7) is 3.59. The molecular weight excluding hydrogens is 406 g/mol. The third kappa shape index (κ3) is 6.10. The van der Waals surface area contributed by atoms with E-state index in [2.05, 4.69) is 11.4 Å². The fourth-order valence-corrected chi connectivity index (χ4v) is 3.34. The fourth-order valence-electron chi connectivity index (χ4n) is 3.34. The Hall–Kier alpha value is -3.81. The van der Waals surface area contributed by atoms with Crippen LogP contribution in [-0.2, 0) is 16.1 Å². The maximum absolute atomic E-state index is 12.4. The van der Waals surface area contributed by atoms with Gasteiger partial charge in [-0.1, -0.05) is 24.3 Å². The van der Waals surface area contributed by atoms with Gasteiger partial charge in [0.25, 0.3) is 5.91 Å². The third-order valence-corrected chi connectivity index (χ3v) is 4.98. The minimum Gasteiger partial charge on any atom is -0.490 e. The first-order chi connectivity index (χ1) is 15.6. The van der Waals surface area contributed by atoms with E-state index in [1.54, 1.807) is 30.3 Å². The molecule has 32 heavy (non-hydrogen) atoms. The quantitative estimate of drug-likeness (QED) is 0.479. The van der Waals surface area contributed by atoms with Crippen LogP contribution in [0.5, 0.6) is 11.5 Å². The summed E-state index contributed by atoms with van der Waals surface area (Å²) in [6, 6.07) is 16.5. The molecule has 1 fully saturated rings. The van der Waals surface area contributed by atoms with Gasteiger partial charge in [0.05, 0.1) is 24.3 Å². The van der Waals surface area contributed by atoms with Crippen molar-refractivity contribution in [2.75, 3.05) is 19.8 Å². The predicted molar refractivity (Wildman–Crippen MR) is 119 cm³/mol. The molecule has 3 rings (SSSR count). The number of hydrogen-bond donors (Lipinski definition) is 1. The summed E-state index contributed by atoms with van der Waals surface area (Å²) in [4.78, 5) is 12.4. The first-order valence-corrected chi connectivity index (χ1v) is 10.5. The van der Waals surface area contributed by atoms with Crippen molar-refractivity contribution in [2.24, 2.45) is 0 Å². The van der Waals surface area contributed by atoms with E-state index in [9.17, 15) is 15.3 Å². The van der Waals surface area contributed by atoms with Gasteiger partial charge in [-0.2, -0.15) is 10.5 Å². The average Bonchev–Trinajstić information content (AvgIpc) is 3.34. The number of rotatable bonds is 9. The van der Waals surface area contributed by atoms with E-state index in [4.69, 9.17) is 14.2 Å². The molecule has 1 saturated heterocycles. The number of ether oxygens (including phenoxy) is 3. The maximum atomic E-state index is 12.4. The molecule has 1 amide bonds. The van der Waals surface area contributed by atoms with Gasteiger partial charge in [0, 0.05) is 18.7 Å². The van der Waals surface area contributed by atoms with Crippen LogP contribution in [0.15, 0.2) is 48.0 Å². The molecule has 1 unspecified atom stereocenters. The Morgan fingerprint density at radius 1 is 1.22 bits per heavy atom. The summed E-state index contributed by atoms with van der Waals surface area (Å²) in [5.41, 5.74) is 1.97. The van der Waals surface area contributed by atoms with Gasteiger partial charge in [0.1, 0.15) is 18.2 Å². The first-order valence-electron chi connectivity index (χ1n) is 10.5. The summed E-state index contributed by atoms with van der Waals surface area (Å²) in [7, 11) is 0. The standard InChI is InChI=1S/C25H25N3O4/c1-2-30-24-13-18(12-21(15-27)25(29)28-16-22-8-5-11-31-22)9-10-23(24)32-17-20-7-4-3-6-19(20)14-26/h3-4,6-7,9-10,12-13,22H,2,5,8,11,16-17H2,1H3,(H,28,29). The van der Waals surface area contributed by atoms with Crippen LogP contribution >= 0.6 is 0 Å². The van der Waals surface area contributed by atoms with E-state index in [1.807, 2.05) is 25.1 Å². The lowest BCUT2D eigenvalue weighted by Gasteiger charge is -2.13. The highest BCUT2D eigenvalue weighted by atomic mass is 16.5. The van der Waals surface area contributed by atoms with Crippen LogP contribution in [0, 0.1) is 22.7 Å². The van der Waals surface area contributed by atoms with Crippen molar-refractivity contribution in [3.63, 3.8) is 0 Å². The Morgan fingerprint density at radius 3 is 2.78 bits per heavy atom. The van der Waals surface area contributed by atoms with E-state index < -0.39 is 5.91 Å². The van der Waals surface area contributed by atoms with Crippen LogP contribution in [0.3, 0.4) is 0 Å². The van der Waals surface area contributed by atoms with Gasteiger partial charge in [0.15, 0.2) is 11.5 Å². The molecule has 0 aromatic heterocycles. The SMILES string of the molecule is CCOc1cc(C=C(C#N)C(=O)NCC2CCCO2)ccc1OCc1ccccc1C#N. The van der Waals surface area contributed by atoms with Crippen LogP contribution in [0.1, 0.15) is 36.5 Å². The van der Waals surface area contributed by atoms with Crippen LogP contribution in [0.2, 0.25) is 0 Å². The molecule has 1 heterocycles. The van der Waals surface area contributed by atoms with Gasteiger partial charge in [-0.3, -0.25) is 4.79 Å². The first kappa shape index (κ1) is 22.9. The largest absolute Gasteiger partial charge is 0.490 e. The highest BCUT2D eigenvalue weighted by molar-refractivity contribution is 6.01. The molecule has 1 N–H and O–H groups in total. The Kier molecular flexibility index (Phi) is 8.25. The maximum Gasteiger partial charge on any atom is 0.262 e. The Labute approximate surface area is 187 Å². The number of hydrogen-bond acceptors (Lipinski definition) is 6. The van der Waals surface area contributed by atoms with Gasteiger partial charge in [-0.15, -0.1) is 0 Å². The van der Waals surface area contributed by atoms with Crippen LogP contribution in [-0.4, -0.2) is 31.8 Å². The average molecular weight is 431 g/mol. The monoisotopic (exact) mass is 431 g/mol. The molecule has 164 valence electrons. The summed E-state index contributed by atoms with van der Waals surface area (Å²) in [6.07, 6.45) is 3.41. The van der Waals surface area contributed by atoms with Gasteiger partial charge >= 0.3 is 0 Å². The van der Waals surface area contributed by atoms with E-state index in [-0.39, 0.29) is 18.3 Å². The zero-order chi connectivity index (χ0) is 22.8. The second-order valence-corrected chi connectivity index (χ2v) is 7.21. The number of nitriles is 2. The minimum absolute atomic E-state index is 0.00191. The van der Waals surface area contributed by atoms with Crippen molar-refractivity contribution >= 4 is 12.0 Å². The van der Waals surface area contributed by atoms with Crippen molar-refractivity contribution in [1.82, 2.24) is 5.32 Å². The highest BCUT2D eigenvalue weighted by Crippen LogP contribution is 2.30. The van der Waals surface area contributed by atoms with Crippen LogP contribution in [0.4, 0.5) is 0 Å². The predicted octanol–water partition coefficient (Wildman–Crippen LogP) is 3.74. The molecule has 1 aliphatic heterocycles. The topological polar surface area (TPSA) is 104 Å². The van der Waals surface area contributed by atoms with E-state index in [0.717, 1.165) is 18.4 Å². The molecule has 7 heteroatoms. The number of benzene rings is 2. The molecule has 0 aliphatic carbocycles. The molecule has 0 saturated carbocycles. The minimum atomic E-state index is -0.436. The molecule has 1 atom stereocenters. The summed E-state index contributed by atoms with van der Waals surface area (Å²) >= 11 is 0. The molecule has 7 nitrogen and oxygen atoms in total. The second kappa shape index (κ2) is 11.5. The second-order valence-electron chi connectivity index (χ2n) is 7.21. The van der Waals surface area contributed by atoms with Crippen molar-refractivity contribution in [3.05, 3.63) is 64.7 Å². The molecule has 2 aromatic rings. The Bertz CT molecular complexity index is 1060. The lowest BCUT2D eigenvalue weighted by atomic mass is 10.1. The molecule has 0 bridgehead atoms. The van der Waals surface area contributed by atoms with Gasteiger partial charge in [-0.05, 0) is 49.6 Å². The number of amides is 1. The van der Waals surface area contributed by atoms with E-state index in [0.29, 0.717) is 42.4 Å². The van der Waals surface area contributed by atoms with E-state index in [1.165, 1.54) is 6.08 Å². The normalized spacial score (nSPS) is 15.5. The zero-order valence-electron chi connectivity index (χ0n) is 18.0. The van der Waals surface area contributed by atoms with Gasteiger partial charge in [0.2, 0.25) is 0 Å². The lowest BCUT2D eigenvalue weighted by Crippen LogP contribution is -2.32. The number of carbonyl (C=O) groups is 1. The molecule has 1 aliphatic rings. The number of nitrogens with zero attached hydrogens (tertiary/aromatic N) is 2. The molecule has 0 spiro atoms. The van der Waals surface area contributed by atoms with Crippen molar-refractivity contribution in [2.45, 2.75) is 32.5 Å². The summed E-state index contributed by atoms with van der Waals surface area (Å²) in [5.74, 6) is 0.570. The van der Waals surface area contributed by atoms with Gasteiger partial charge in [-0.25, -0.2) is 0 Å². The third-order valence-electron chi connectivity index (χ3n) is 4.98. The van der Waals surface area contributed by atoms with Crippen LogP contribution < -0.4 is 14.8 Å². The lowest BCUT2D eigenvalue weighted by molar-refractivity contribution is -0.117.